The van der Waals surface area contributed by atoms with Gasteiger partial charge >= 0.3 is 6.18 Å². The number of aromatic nitrogens is 2. The van der Waals surface area contributed by atoms with E-state index >= 15 is 0 Å². The van der Waals surface area contributed by atoms with Gasteiger partial charge in [-0.25, -0.2) is 8.78 Å². The fourth-order valence-electron chi connectivity index (χ4n) is 2.86. The lowest BCUT2D eigenvalue weighted by molar-refractivity contribution is -0.156. The maximum atomic E-state index is 12.5. The van der Waals surface area contributed by atoms with E-state index in [0.717, 1.165) is 31.5 Å². The van der Waals surface area contributed by atoms with Crippen molar-refractivity contribution < 1.29 is 31.5 Å². The Hall–Kier alpha value is -3.08. The third kappa shape index (κ3) is 8.22. The van der Waals surface area contributed by atoms with Crippen molar-refractivity contribution in [3.63, 3.8) is 0 Å². The molecule has 3 rings (SSSR count). The molecule has 1 aromatic heterocycles. The van der Waals surface area contributed by atoms with Crippen LogP contribution < -0.4 is 5.32 Å². The maximum absolute atomic E-state index is 12.5. The highest BCUT2D eigenvalue weighted by Gasteiger charge is 2.25. The van der Waals surface area contributed by atoms with E-state index in [0.29, 0.717) is 5.69 Å². The largest absolute Gasteiger partial charge is 0.446 e. The van der Waals surface area contributed by atoms with Gasteiger partial charge in [0.15, 0.2) is 6.29 Å². The number of nitrogens with one attached hydrogen (secondary N) is 1. The molecule has 32 heavy (non-hydrogen) atoms. The van der Waals surface area contributed by atoms with Gasteiger partial charge < -0.3 is 10.2 Å². The van der Waals surface area contributed by atoms with Crippen molar-refractivity contribution in [3.8, 4) is 0 Å². The van der Waals surface area contributed by atoms with Crippen molar-refractivity contribution in [2.75, 3.05) is 32.5 Å². The number of anilines is 1. The van der Waals surface area contributed by atoms with E-state index in [1.165, 1.54) is 36.4 Å². The summed E-state index contributed by atoms with van der Waals surface area (Å²) in [5.74, 6) is -1.13. The second-order valence-corrected chi connectivity index (χ2v) is 6.95. The summed E-state index contributed by atoms with van der Waals surface area (Å²) in [6.45, 7) is 4.20. The first kappa shape index (κ1) is 27.0. The van der Waals surface area contributed by atoms with E-state index in [4.69, 9.17) is 4.79 Å². The smallest absolute Gasteiger partial charge is 0.383 e. The van der Waals surface area contributed by atoms with Gasteiger partial charge in [0.25, 0.3) is 0 Å². The molecular formula is C21H25F5N4O2. The van der Waals surface area contributed by atoms with Crippen molar-refractivity contribution in [2.45, 2.75) is 19.5 Å². The Balaban J connectivity index is 0.000000273. The van der Waals surface area contributed by atoms with Crippen LogP contribution >= 0.6 is 0 Å². The lowest BCUT2D eigenvalue weighted by Gasteiger charge is -2.26. The molecule has 1 aliphatic heterocycles. The number of alkyl halides is 3. The summed E-state index contributed by atoms with van der Waals surface area (Å²) < 4.78 is 58.1. The van der Waals surface area contributed by atoms with Crippen LogP contribution in [0.3, 0.4) is 0 Å². The summed E-state index contributed by atoms with van der Waals surface area (Å²) in [5, 5.41) is 6.57. The summed E-state index contributed by atoms with van der Waals surface area (Å²) >= 11 is 0. The van der Waals surface area contributed by atoms with Gasteiger partial charge in [-0.05, 0) is 44.2 Å². The number of benzene rings is 1. The second kappa shape index (κ2) is 12.1. The zero-order valence-electron chi connectivity index (χ0n) is 18.1. The first-order chi connectivity index (χ1) is 14.9. The zero-order chi connectivity index (χ0) is 24.5. The topological polar surface area (TPSA) is 67.2 Å². The minimum Gasteiger partial charge on any atom is -0.383 e. The molecule has 0 saturated heterocycles. The molecule has 1 N–H and O–H groups in total. The molecule has 0 bridgehead atoms. The fourth-order valence-corrected chi connectivity index (χ4v) is 2.86. The van der Waals surface area contributed by atoms with Gasteiger partial charge in [0.1, 0.15) is 23.0 Å². The number of likely N-dealkylation sites (N-methyl/N-ethyl adjacent to an activating group) is 1. The maximum Gasteiger partial charge on any atom is 0.446 e. The SMILES string of the molecule is CC1=C(c2cc(C=O)nn2C)CN(C)CC1.CNc1c(F)cccc1F.O=CC(F)(F)F. The van der Waals surface area contributed by atoms with Gasteiger partial charge in [-0.1, -0.05) is 11.6 Å². The molecule has 0 unspecified atom stereocenters. The Morgan fingerprint density at radius 3 is 2.09 bits per heavy atom. The lowest BCUT2D eigenvalue weighted by atomic mass is 9.99. The number of carbonyl (C=O) groups excluding carboxylic acids is 2. The van der Waals surface area contributed by atoms with Crippen LogP contribution in [0.2, 0.25) is 0 Å². The molecule has 6 nitrogen and oxygen atoms in total. The third-order valence-corrected chi connectivity index (χ3v) is 4.49. The molecule has 0 atom stereocenters. The standard InChI is InChI=1S/C12H17N3O.C7H7F2N.C2HF3O/c1-9-4-5-14(2)7-11(9)12-6-10(8-16)13-15(12)3;1-10-7-5(8)3-2-4-6(7)9;3-2(4,5)1-6/h6,8H,4-5,7H2,1-3H3;2-4,10H,1H3;1H. The summed E-state index contributed by atoms with van der Waals surface area (Å²) in [7, 11) is 5.47. The first-order valence-electron chi connectivity index (χ1n) is 9.45. The Kier molecular flexibility index (Phi) is 10.2. The number of aryl methyl sites for hydroxylation is 1. The van der Waals surface area contributed by atoms with Crippen LogP contribution in [0.5, 0.6) is 0 Å². The molecule has 1 aromatic carbocycles. The van der Waals surface area contributed by atoms with Crippen molar-refractivity contribution in [2.24, 2.45) is 7.05 Å². The van der Waals surface area contributed by atoms with Crippen LogP contribution in [0.4, 0.5) is 27.6 Å². The Morgan fingerprint density at radius 2 is 1.69 bits per heavy atom. The molecule has 0 amide bonds. The number of para-hydroxylation sites is 1. The van der Waals surface area contributed by atoms with Gasteiger partial charge in [-0.3, -0.25) is 14.3 Å². The first-order valence-corrected chi connectivity index (χ1v) is 9.45. The summed E-state index contributed by atoms with van der Waals surface area (Å²) in [4.78, 5) is 21.7. The summed E-state index contributed by atoms with van der Waals surface area (Å²) in [6, 6.07) is 5.60. The van der Waals surface area contributed by atoms with Crippen LogP contribution in [0, 0.1) is 11.6 Å². The molecule has 0 aliphatic carbocycles. The van der Waals surface area contributed by atoms with Gasteiger partial charge in [-0.15, -0.1) is 0 Å². The van der Waals surface area contributed by atoms with Gasteiger partial charge in [0, 0.05) is 27.2 Å². The highest BCUT2D eigenvalue weighted by Crippen LogP contribution is 2.25. The monoisotopic (exact) mass is 460 g/mol. The third-order valence-electron chi connectivity index (χ3n) is 4.49. The number of halogens is 5. The molecule has 2 aromatic rings. The molecule has 0 radical (unpaired) electrons. The molecule has 176 valence electrons. The fraction of sp³-hybridized carbons (Fsp3) is 0.381. The van der Waals surface area contributed by atoms with Crippen LogP contribution in [0.1, 0.15) is 29.5 Å². The van der Waals surface area contributed by atoms with Crippen molar-refractivity contribution in [1.29, 1.82) is 0 Å². The Bertz CT molecular complexity index is 934. The van der Waals surface area contributed by atoms with E-state index in [2.05, 4.69) is 29.3 Å². The number of rotatable bonds is 3. The van der Waals surface area contributed by atoms with Crippen molar-refractivity contribution in [1.82, 2.24) is 14.7 Å². The zero-order valence-corrected chi connectivity index (χ0v) is 18.1. The van der Waals surface area contributed by atoms with Crippen LogP contribution in [0.15, 0.2) is 29.8 Å². The molecule has 0 fully saturated rings. The molecular weight excluding hydrogens is 435 g/mol. The van der Waals surface area contributed by atoms with E-state index in [1.54, 1.807) is 4.68 Å². The normalized spacial score (nSPS) is 14.0. The quantitative estimate of drug-likeness (QED) is 0.552. The molecule has 0 spiro atoms. The summed E-state index contributed by atoms with van der Waals surface area (Å²) in [5.41, 5.74) is 4.19. The van der Waals surface area contributed by atoms with E-state index in [1.807, 2.05) is 13.1 Å². The highest BCUT2D eigenvalue weighted by molar-refractivity contribution is 5.76. The average molecular weight is 460 g/mol. The van der Waals surface area contributed by atoms with Crippen molar-refractivity contribution >= 4 is 23.8 Å². The van der Waals surface area contributed by atoms with Gasteiger partial charge in [-0.2, -0.15) is 18.3 Å². The van der Waals surface area contributed by atoms with Crippen LogP contribution in [0.25, 0.3) is 5.57 Å². The van der Waals surface area contributed by atoms with Gasteiger partial charge in [0.05, 0.1) is 5.69 Å². The summed E-state index contributed by atoms with van der Waals surface area (Å²) in [6.07, 6.45) is -3.81. The van der Waals surface area contributed by atoms with Crippen LogP contribution in [-0.4, -0.2) is 60.6 Å². The predicted octanol–water partition coefficient (Wildman–Crippen LogP) is 4.10. The number of nitrogens with zero attached hydrogens (tertiary/aromatic N) is 3. The Labute approximate surface area is 182 Å². The number of hydrogen-bond acceptors (Lipinski definition) is 5. The highest BCUT2D eigenvalue weighted by atomic mass is 19.4. The number of aldehydes is 2. The predicted molar refractivity (Wildman–Crippen MR) is 111 cm³/mol. The molecule has 1 aliphatic rings. The number of hydrogen-bond donors (Lipinski definition) is 1. The second-order valence-electron chi connectivity index (χ2n) is 6.95. The molecule has 11 heteroatoms. The van der Waals surface area contributed by atoms with E-state index in [-0.39, 0.29) is 5.69 Å². The average Bonchev–Trinajstić information content (AvgIpc) is 3.11. The number of carbonyl (C=O) groups is 2. The van der Waals surface area contributed by atoms with Crippen molar-refractivity contribution in [3.05, 3.63) is 52.9 Å². The van der Waals surface area contributed by atoms with E-state index in [9.17, 15) is 26.7 Å². The van der Waals surface area contributed by atoms with E-state index < -0.39 is 24.1 Å². The molecule has 0 saturated carbocycles. The Morgan fingerprint density at radius 1 is 1.12 bits per heavy atom. The lowest BCUT2D eigenvalue weighted by Crippen LogP contribution is -2.27. The van der Waals surface area contributed by atoms with Gasteiger partial charge in [0.2, 0.25) is 6.29 Å². The van der Waals surface area contributed by atoms with Crippen LogP contribution in [-0.2, 0) is 11.8 Å². The minimum absolute atomic E-state index is 0.0810. The molecule has 2 heterocycles. The minimum atomic E-state index is -4.64.